The quantitative estimate of drug-likeness (QED) is 0.518. The number of hydrogen-bond acceptors (Lipinski definition) is 4. The molecule has 0 atom stereocenters. The monoisotopic (exact) mass is 144 g/mol. The first-order valence-corrected chi connectivity index (χ1v) is 3.19. The maximum Gasteiger partial charge on any atom is 0.202 e. The lowest BCUT2D eigenvalue weighted by molar-refractivity contribution is 0.128. The van der Waals surface area contributed by atoms with E-state index in [1.54, 1.807) is 12.5 Å². The van der Waals surface area contributed by atoms with Gasteiger partial charge < -0.3 is 9.15 Å². The van der Waals surface area contributed by atoms with E-state index in [0.717, 1.165) is 10.6 Å². The molecular formula is C5H4O3S. The fourth-order valence-electron chi connectivity index (χ4n) is 0.615. The number of furan rings is 1. The molecule has 1 aromatic heterocycles. The average Bonchev–Trinajstić information content (AvgIpc) is 2.33. The molecule has 2 rings (SSSR count). The summed E-state index contributed by atoms with van der Waals surface area (Å²) in [4.78, 5) is 0.904. The first-order chi connectivity index (χ1) is 4.47. The zero-order chi connectivity index (χ0) is 6.10. The van der Waals surface area contributed by atoms with Crippen molar-refractivity contribution in [3.05, 3.63) is 12.5 Å². The van der Waals surface area contributed by atoms with E-state index in [1.807, 2.05) is 0 Å². The third-order valence-corrected chi connectivity index (χ3v) is 1.70. The van der Waals surface area contributed by atoms with Gasteiger partial charge in [-0.25, -0.2) is 0 Å². The average molecular weight is 144 g/mol. The van der Waals surface area contributed by atoms with Crippen LogP contribution in [-0.4, -0.2) is 6.79 Å². The molecule has 0 aromatic carbocycles. The molecule has 0 bridgehead atoms. The molecule has 0 spiro atoms. The van der Waals surface area contributed by atoms with E-state index in [-0.39, 0.29) is 0 Å². The summed E-state index contributed by atoms with van der Waals surface area (Å²) in [7, 11) is 0. The van der Waals surface area contributed by atoms with Crippen LogP contribution in [0, 0.1) is 0 Å². The van der Waals surface area contributed by atoms with Crippen molar-refractivity contribution in [2.45, 2.75) is 4.90 Å². The molecule has 0 N–H and O–H groups in total. The molecule has 9 heavy (non-hydrogen) atoms. The van der Waals surface area contributed by atoms with Gasteiger partial charge in [-0.1, -0.05) is 0 Å². The van der Waals surface area contributed by atoms with Crippen LogP contribution in [-0.2, 0) is 4.18 Å². The van der Waals surface area contributed by atoms with Crippen molar-refractivity contribution >= 4 is 12.0 Å². The highest BCUT2D eigenvalue weighted by atomic mass is 32.2. The zero-order valence-electron chi connectivity index (χ0n) is 4.49. The van der Waals surface area contributed by atoms with Crippen LogP contribution >= 0.6 is 12.0 Å². The molecule has 0 amide bonds. The summed E-state index contributed by atoms with van der Waals surface area (Å²) in [6.45, 7) is 0.303. The Bertz CT molecular complexity index is 187. The Morgan fingerprint density at radius 2 is 2.44 bits per heavy atom. The number of hydrogen-bond donors (Lipinski definition) is 0. The Morgan fingerprint density at radius 3 is 3.33 bits per heavy atom. The third-order valence-electron chi connectivity index (χ3n) is 1.00. The summed E-state index contributed by atoms with van der Waals surface area (Å²) in [5.74, 6) is 0.770. The van der Waals surface area contributed by atoms with Gasteiger partial charge in [-0.2, -0.15) is 0 Å². The molecule has 3 nitrogen and oxygen atoms in total. The molecule has 0 fully saturated rings. The van der Waals surface area contributed by atoms with Gasteiger partial charge >= 0.3 is 0 Å². The van der Waals surface area contributed by atoms with Crippen LogP contribution in [0.25, 0.3) is 0 Å². The summed E-state index contributed by atoms with van der Waals surface area (Å²) in [6, 6.07) is 0. The Kier molecular flexibility index (Phi) is 1.13. The van der Waals surface area contributed by atoms with Crippen LogP contribution in [0.4, 0.5) is 0 Å². The molecule has 2 heterocycles. The lowest BCUT2D eigenvalue weighted by atomic mass is 10.6. The van der Waals surface area contributed by atoms with Crippen LogP contribution in [0.3, 0.4) is 0 Å². The van der Waals surface area contributed by atoms with E-state index in [4.69, 9.17) is 13.3 Å². The van der Waals surface area contributed by atoms with Crippen molar-refractivity contribution in [1.82, 2.24) is 0 Å². The Morgan fingerprint density at radius 1 is 1.44 bits per heavy atom. The molecule has 0 saturated carbocycles. The molecule has 1 aromatic rings. The maximum atomic E-state index is 5.03. The minimum atomic E-state index is 0.303. The Hall–Kier alpha value is -0.610. The molecule has 0 radical (unpaired) electrons. The van der Waals surface area contributed by atoms with E-state index in [9.17, 15) is 0 Å². The largest absolute Gasteiger partial charge is 0.467 e. The molecular weight excluding hydrogens is 140 g/mol. The van der Waals surface area contributed by atoms with Crippen LogP contribution in [0.15, 0.2) is 21.8 Å². The molecule has 0 aliphatic carbocycles. The van der Waals surface area contributed by atoms with Gasteiger partial charge in [-0.15, -0.1) is 0 Å². The molecule has 4 heteroatoms. The number of ether oxygens (including phenoxy) is 1. The minimum Gasteiger partial charge on any atom is -0.467 e. The van der Waals surface area contributed by atoms with Crippen LogP contribution < -0.4 is 4.74 Å². The van der Waals surface area contributed by atoms with Crippen LogP contribution in [0.5, 0.6) is 5.75 Å². The number of fused-ring (bicyclic) bond motifs is 1. The van der Waals surface area contributed by atoms with Crippen molar-refractivity contribution in [3.8, 4) is 5.75 Å². The number of rotatable bonds is 0. The fraction of sp³-hybridized carbons (Fsp3) is 0.200. The molecule has 1 aliphatic rings. The van der Waals surface area contributed by atoms with Crippen molar-refractivity contribution in [3.63, 3.8) is 0 Å². The third kappa shape index (κ3) is 0.799. The standard InChI is InChI=1S/C5H4O3S/c1-4-5(2-6-1)9-8-3-7-4/h1-2H,3H2. The molecule has 0 saturated heterocycles. The molecule has 48 valence electrons. The van der Waals surface area contributed by atoms with Crippen molar-refractivity contribution in [2.24, 2.45) is 0 Å². The Labute approximate surface area is 56.1 Å². The molecule has 1 aliphatic heterocycles. The zero-order valence-corrected chi connectivity index (χ0v) is 5.31. The van der Waals surface area contributed by atoms with Gasteiger partial charge in [0.25, 0.3) is 0 Å². The summed E-state index contributed by atoms with van der Waals surface area (Å²) in [5.41, 5.74) is 0. The van der Waals surface area contributed by atoms with Gasteiger partial charge in [-0.3, -0.25) is 4.18 Å². The van der Waals surface area contributed by atoms with Gasteiger partial charge in [-0.05, 0) is 0 Å². The van der Waals surface area contributed by atoms with E-state index in [2.05, 4.69) is 0 Å². The van der Waals surface area contributed by atoms with Crippen molar-refractivity contribution in [1.29, 1.82) is 0 Å². The van der Waals surface area contributed by atoms with Gasteiger partial charge in [0.2, 0.25) is 6.79 Å². The molecule has 0 unspecified atom stereocenters. The highest BCUT2D eigenvalue weighted by Gasteiger charge is 2.12. The van der Waals surface area contributed by atoms with E-state index >= 15 is 0 Å². The van der Waals surface area contributed by atoms with Crippen LogP contribution in [0.1, 0.15) is 0 Å². The van der Waals surface area contributed by atoms with E-state index in [0.29, 0.717) is 6.79 Å². The predicted molar refractivity (Wildman–Crippen MR) is 31.1 cm³/mol. The van der Waals surface area contributed by atoms with Crippen molar-refractivity contribution < 1.29 is 13.3 Å². The van der Waals surface area contributed by atoms with E-state index in [1.165, 1.54) is 12.0 Å². The predicted octanol–water partition coefficient (Wildman–Crippen LogP) is 1.65. The summed E-state index contributed by atoms with van der Waals surface area (Å²) >= 11 is 1.28. The SMILES string of the molecule is c1occ2c1OCOS2. The normalized spacial score (nSPS) is 16.4. The van der Waals surface area contributed by atoms with Crippen molar-refractivity contribution in [2.75, 3.05) is 6.79 Å². The summed E-state index contributed by atoms with van der Waals surface area (Å²) in [6.07, 6.45) is 3.16. The summed E-state index contributed by atoms with van der Waals surface area (Å²) in [5, 5.41) is 0. The topological polar surface area (TPSA) is 31.6 Å². The van der Waals surface area contributed by atoms with Gasteiger partial charge in [0.05, 0.1) is 0 Å². The van der Waals surface area contributed by atoms with Gasteiger partial charge in [0, 0.05) is 12.0 Å². The smallest absolute Gasteiger partial charge is 0.202 e. The highest BCUT2D eigenvalue weighted by molar-refractivity contribution is 7.94. The lowest BCUT2D eigenvalue weighted by Gasteiger charge is -2.09. The summed E-state index contributed by atoms with van der Waals surface area (Å²) < 4.78 is 14.8. The first-order valence-electron chi connectivity index (χ1n) is 2.45. The van der Waals surface area contributed by atoms with Gasteiger partial charge in [0.1, 0.15) is 17.4 Å². The second-order valence-corrected chi connectivity index (χ2v) is 2.41. The maximum absolute atomic E-state index is 5.03. The highest BCUT2D eigenvalue weighted by Crippen LogP contribution is 2.34. The fourth-order valence-corrected chi connectivity index (χ4v) is 1.12. The second kappa shape index (κ2) is 1.97. The first kappa shape index (κ1) is 5.20. The van der Waals surface area contributed by atoms with Crippen LogP contribution in [0.2, 0.25) is 0 Å². The van der Waals surface area contributed by atoms with E-state index < -0.39 is 0 Å². The lowest BCUT2D eigenvalue weighted by Crippen LogP contribution is -2.01. The van der Waals surface area contributed by atoms with Gasteiger partial charge in [0.15, 0.2) is 5.75 Å². The Balaban J connectivity index is 2.39. The minimum absolute atomic E-state index is 0.303. The second-order valence-electron chi connectivity index (χ2n) is 1.56.